The van der Waals surface area contributed by atoms with Crippen LogP contribution in [0, 0.1) is 0 Å². The summed E-state index contributed by atoms with van der Waals surface area (Å²) < 4.78 is 31.4. The SMILES string of the molecule is CCn1cc(OCc2ccc(S(=O)(=O)C(C)C)cc2)cn1. The van der Waals surface area contributed by atoms with Crippen LogP contribution in [0.25, 0.3) is 0 Å². The quantitative estimate of drug-likeness (QED) is 0.823. The maximum Gasteiger partial charge on any atom is 0.180 e. The molecule has 21 heavy (non-hydrogen) atoms. The Labute approximate surface area is 125 Å². The summed E-state index contributed by atoms with van der Waals surface area (Å²) in [6, 6.07) is 6.81. The average Bonchev–Trinajstić information content (AvgIpc) is 2.93. The maximum absolute atomic E-state index is 12.0. The van der Waals surface area contributed by atoms with Gasteiger partial charge >= 0.3 is 0 Å². The van der Waals surface area contributed by atoms with Crippen LogP contribution in [0.4, 0.5) is 0 Å². The van der Waals surface area contributed by atoms with Crippen LogP contribution in [0.5, 0.6) is 5.75 Å². The molecule has 0 N–H and O–H groups in total. The van der Waals surface area contributed by atoms with Crippen molar-refractivity contribution in [2.75, 3.05) is 0 Å². The van der Waals surface area contributed by atoms with E-state index >= 15 is 0 Å². The molecule has 0 aliphatic rings. The van der Waals surface area contributed by atoms with Crippen molar-refractivity contribution in [3.05, 3.63) is 42.2 Å². The topological polar surface area (TPSA) is 61.2 Å². The van der Waals surface area contributed by atoms with Crippen molar-refractivity contribution in [2.24, 2.45) is 0 Å². The Morgan fingerprint density at radius 3 is 2.43 bits per heavy atom. The number of sulfone groups is 1. The summed E-state index contributed by atoms with van der Waals surface area (Å²) in [5.41, 5.74) is 0.918. The van der Waals surface area contributed by atoms with Gasteiger partial charge in [-0.25, -0.2) is 8.42 Å². The van der Waals surface area contributed by atoms with Gasteiger partial charge in [0.05, 0.1) is 22.5 Å². The Kier molecular flexibility index (Phi) is 4.67. The molecule has 0 fully saturated rings. The lowest BCUT2D eigenvalue weighted by Gasteiger charge is -2.09. The molecule has 0 amide bonds. The van der Waals surface area contributed by atoms with Gasteiger partial charge in [-0.05, 0) is 38.5 Å². The first kappa shape index (κ1) is 15.6. The van der Waals surface area contributed by atoms with Gasteiger partial charge in [0.25, 0.3) is 0 Å². The van der Waals surface area contributed by atoms with Gasteiger partial charge in [0, 0.05) is 6.54 Å². The van der Waals surface area contributed by atoms with Gasteiger partial charge in [0.1, 0.15) is 6.61 Å². The molecule has 2 aromatic rings. The first-order chi connectivity index (χ1) is 9.93. The number of aryl methyl sites for hydroxylation is 1. The molecule has 0 unspecified atom stereocenters. The van der Waals surface area contributed by atoms with Crippen LogP contribution < -0.4 is 4.74 Å². The van der Waals surface area contributed by atoms with Crippen LogP contribution in [-0.4, -0.2) is 23.4 Å². The van der Waals surface area contributed by atoms with Crippen LogP contribution in [0.2, 0.25) is 0 Å². The second-order valence-electron chi connectivity index (χ2n) is 5.06. The standard InChI is InChI=1S/C15H20N2O3S/c1-4-17-10-14(9-16-17)20-11-13-5-7-15(8-6-13)21(18,19)12(2)3/h5-10,12H,4,11H2,1-3H3. The fourth-order valence-electron chi connectivity index (χ4n) is 1.81. The van der Waals surface area contributed by atoms with Crippen molar-refractivity contribution in [1.29, 1.82) is 0 Å². The minimum atomic E-state index is -3.21. The average molecular weight is 308 g/mol. The molecule has 0 saturated carbocycles. The molecule has 0 saturated heterocycles. The van der Waals surface area contributed by atoms with Crippen molar-refractivity contribution in [3.8, 4) is 5.75 Å². The van der Waals surface area contributed by atoms with E-state index in [9.17, 15) is 8.42 Å². The Hall–Kier alpha value is -1.82. The van der Waals surface area contributed by atoms with Gasteiger partial charge in [-0.3, -0.25) is 4.68 Å². The lowest BCUT2D eigenvalue weighted by atomic mass is 10.2. The van der Waals surface area contributed by atoms with E-state index in [1.807, 2.05) is 13.1 Å². The molecule has 0 spiro atoms. The number of hydrogen-bond acceptors (Lipinski definition) is 4. The predicted octanol–water partition coefficient (Wildman–Crippen LogP) is 2.66. The smallest absolute Gasteiger partial charge is 0.180 e. The molecule has 0 aliphatic heterocycles. The fourth-order valence-corrected chi connectivity index (χ4v) is 2.87. The van der Waals surface area contributed by atoms with Crippen LogP contribution in [0.15, 0.2) is 41.6 Å². The second-order valence-corrected chi connectivity index (χ2v) is 7.56. The summed E-state index contributed by atoms with van der Waals surface area (Å²) in [6.45, 7) is 6.54. The summed E-state index contributed by atoms with van der Waals surface area (Å²) >= 11 is 0. The van der Waals surface area contributed by atoms with Crippen molar-refractivity contribution >= 4 is 9.84 Å². The predicted molar refractivity (Wildman–Crippen MR) is 81.0 cm³/mol. The molecule has 6 heteroatoms. The summed E-state index contributed by atoms with van der Waals surface area (Å²) in [5, 5.41) is 3.71. The van der Waals surface area contributed by atoms with Crippen molar-refractivity contribution < 1.29 is 13.2 Å². The van der Waals surface area contributed by atoms with Crippen LogP contribution in [0.3, 0.4) is 0 Å². The van der Waals surface area contributed by atoms with Crippen LogP contribution in [-0.2, 0) is 23.0 Å². The Morgan fingerprint density at radius 1 is 1.24 bits per heavy atom. The van der Waals surface area contributed by atoms with Gasteiger partial charge in [0.15, 0.2) is 15.6 Å². The Balaban J connectivity index is 2.03. The molecule has 0 bridgehead atoms. The highest BCUT2D eigenvalue weighted by molar-refractivity contribution is 7.92. The largest absolute Gasteiger partial charge is 0.486 e. The number of hydrogen-bond donors (Lipinski definition) is 0. The normalized spacial score (nSPS) is 11.8. The molecule has 0 radical (unpaired) electrons. The number of ether oxygens (including phenoxy) is 1. The minimum absolute atomic E-state index is 0.347. The van der Waals surface area contributed by atoms with E-state index in [1.54, 1.807) is 49.0 Å². The Bertz CT molecular complexity index is 688. The second kappa shape index (κ2) is 6.30. The summed E-state index contributed by atoms with van der Waals surface area (Å²) in [6.07, 6.45) is 3.50. The molecule has 2 rings (SSSR count). The summed E-state index contributed by atoms with van der Waals surface area (Å²) in [7, 11) is -3.21. The monoisotopic (exact) mass is 308 g/mol. The van der Waals surface area contributed by atoms with Gasteiger partial charge in [-0.15, -0.1) is 0 Å². The fraction of sp³-hybridized carbons (Fsp3) is 0.400. The summed E-state index contributed by atoms with van der Waals surface area (Å²) in [5.74, 6) is 0.704. The zero-order chi connectivity index (χ0) is 15.5. The van der Waals surface area contributed by atoms with Crippen molar-refractivity contribution in [1.82, 2.24) is 9.78 Å². The zero-order valence-electron chi connectivity index (χ0n) is 12.5. The van der Waals surface area contributed by atoms with E-state index in [0.717, 1.165) is 12.1 Å². The third-order valence-electron chi connectivity index (χ3n) is 3.21. The molecule has 114 valence electrons. The molecule has 0 atom stereocenters. The van der Waals surface area contributed by atoms with E-state index in [1.165, 1.54) is 0 Å². The van der Waals surface area contributed by atoms with Gasteiger partial charge in [-0.2, -0.15) is 5.10 Å². The highest BCUT2D eigenvalue weighted by Crippen LogP contribution is 2.17. The molecular weight excluding hydrogens is 288 g/mol. The molecular formula is C15H20N2O3S. The van der Waals surface area contributed by atoms with Gasteiger partial charge in [0.2, 0.25) is 0 Å². The van der Waals surface area contributed by atoms with Crippen LogP contribution in [0.1, 0.15) is 26.3 Å². The van der Waals surface area contributed by atoms with Crippen molar-refractivity contribution in [2.45, 2.75) is 44.1 Å². The zero-order valence-corrected chi connectivity index (χ0v) is 13.3. The molecule has 1 aromatic heterocycles. The van der Waals surface area contributed by atoms with E-state index in [-0.39, 0.29) is 0 Å². The maximum atomic E-state index is 12.0. The number of nitrogens with zero attached hydrogens (tertiary/aromatic N) is 2. The number of rotatable bonds is 6. The van der Waals surface area contributed by atoms with Gasteiger partial charge in [-0.1, -0.05) is 12.1 Å². The van der Waals surface area contributed by atoms with E-state index in [0.29, 0.717) is 17.3 Å². The Morgan fingerprint density at radius 2 is 1.90 bits per heavy atom. The first-order valence-corrected chi connectivity index (χ1v) is 8.46. The third kappa shape index (κ3) is 3.64. The molecule has 1 heterocycles. The summed E-state index contributed by atoms with van der Waals surface area (Å²) in [4.78, 5) is 0.347. The number of benzene rings is 1. The highest BCUT2D eigenvalue weighted by Gasteiger charge is 2.18. The van der Waals surface area contributed by atoms with E-state index < -0.39 is 15.1 Å². The first-order valence-electron chi connectivity index (χ1n) is 6.91. The minimum Gasteiger partial charge on any atom is -0.486 e. The van der Waals surface area contributed by atoms with Crippen molar-refractivity contribution in [3.63, 3.8) is 0 Å². The highest BCUT2D eigenvalue weighted by atomic mass is 32.2. The molecule has 1 aromatic carbocycles. The third-order valence-corrected chi connectivity index (χ3v) is 5.38. The molecule has 5 nitrogen and oxygen atoms in total. The van der Waals surface area contributed by atoms with E-state index in [4.69, 9.17) is 4.74 Å². The lowest BCUT2D eigenvalue weighted by Crippen LogP contribution is -2.13. The van der Waals surface area contributed by atoms with E-state index in [2.05, 4.69) is 5.10 Å². The van der Waals surface area contributed by atoms with Crippen LogP contribution >= 0.6 is 0 Å². The lowest BCUT2D eigenvalue weighted by molar-refractivity contribution is 0.305. The van der Waals surface area contributed by atoms with Gasteiger partial charge < -0.3 is 4.74 Å². The molecule has 0 aliphatic carbocycles. The number of aromatic nitrogens is 2.